The Hall–Kier alpha value is -1.85. The maximum absolute atomic E-state index is 13.4. The van der Waals surface area contributed by atoms with Crippen LogP contribution in [0.25, 0.3) is 0 Å². The largest absolute Gasteiger partial charge is 0.491 e. The molecule has 0 atom stereocenters. The van der Waals surface area contributed by atoms with Crippen molar-refractivity contribution in [2.75, 3.05) is 11.9 Å². The van der Waals surface area contributed by atoms with Crippen molar-refractivity contribution in [2.24, 2.45) is 0 Å². The van der Waals surface area contributed by atoms with Crippen LogP contribution in [-0.4, -0.2) is 17.8 Å². The van der Waals surface area contributed by atoms with E-state index in [9.17, 15) is 13.6 Å². The van der Waals surface area contributed by atoms with E-state index >= 15 is 0 Å². The molecule has 1 aromatic carbocycles. The van der Waals surface area contributed by atoms with Gasteiger partial charge >= 0.3 is 6.09 Å². The number of carbonyl (C=O) groups is 1. The summed E-state index contributed by atoms with van der Waals surface area (Å²) in [7, 11) is 0. The summed E-state index contributed by atoms with van der Waals surface area (Å²) in [5.41, 5.74) is -0.728. The van der Waals surface area contributed by atoms with Crippen molar-refractivity contribution in [1.82, 2.24) is 0 Å². The average molecular weight is 217 g/mol. The van der Waals surface area contributed by atoms with Crippen molar-refractivity contribution >= 4 is 11.8 Å². The number of ether oxygens (including phenoxy) is 1. The molecule has 0 aliphatic heterocycles. The van der Waals surface area contributed by atoms with Crippen molar-refractivity contribution in [3.8, 4) is 5.75 Å². The highest BCUT2D eigenvalue weighted by Gasteiger charge is 2.16. The lowest BCUT2D eigenvalue weighted by Crippen LogP contribution is -2.11. The number of hydrogen-bond acceptors (Lipinski definition) is 2. The van der Waals surface area contributed by atoms with Gasteiger partial charge in [-0.05, 0) is 19.1 Å². The van der Waals surface area contributed by atoms with Gasteiger partial charge in [-0.25, -0.2) is 13.6 Å². The number of benzene rings is 1. The van der Waals surface area contributed by atoms with E-state index < -0.39 is 23.4 Å². The van der Waals surface area contributed by atoms with Crippen LogP contribution >= 0.6 is 0 Å². The fourth-order valence-electron chi connectivity index (χ4n) is 1.02. The number of hydrogen-bond donors (Lipinski definition) is 2. The first-order chi connectivity index (χ1) is 7.06. The minimum Gasteiger partial charge on any atom is -0.491 e. The fraction of sp³-hybridized carbons (Fsp3) is 0.222. The van der Waals surface area contributed by atoms with E-state index in [4.69, 9.17) is 9.84 Å². The highest BCUT2D eigenvalue weighted by atomic mass is 19.1. The second-order valence-corrected chi connectivity index (χ2v) is 2.60. The molecule has 4 nitrogen and oxygen atoms in total. The van der Waals surface area contributed by atoms with Crippen molar-refractivity contribution < 1.29 is 23.4 Å². The van der Waals surface area contributed by atoms with E-state index in [0.717, 1.165) is 12.1 Å². The first kappa shape index (κ1) is 11.2. The summed E-state index contributed by atoms with van der Waals surface area (Å²) in [5, 5.41) is 9.98. The number of carboxylic acid groups (broad SMARTS) is 1. The van der Waals surface area contributed by atoms with E-state index in [2.05, 4.69) is 0 Å². The van der Waals surface area contributed by atoms with Gasteiger partial charge in [0.1, 0.15) is 11.5 Å². The Balaban J connectivity index is 3.11. The summed E-state index contributed by atoms with van der Waals surface area (Å²) in [6.07, 6.45) is -1.54. The fourth-order valence-corrected chi connectivity index (χ4v) is 1.02. The zero-order valence-electron chi connectivity index (χ0n) is 7.88. The van der Waals surface area contributed by atoms with Gasteiger partial charge in [-0.15, -0.1) is 0 Å². The molecule has 0 unspecified atom stereocenters. The van der Waals surface area contributed by atoms with Crippen LogP contribution in [0.4, 0.5) is 19.3 Å². The van der Waals surface area contributed by atoms with Crippen molar-refractivity contribution in [1.29, 1.82) is 0 Å². The molecule has 1 aromatic rings. The minimum atomic E-state index is -1.54. The number of amides is 1. The number of nitrogens with one attached hydrogen (secondary N) is 1. The third kappa shape index (κ3) is 2.55. The second kappa shape index (κ2) is 4.59. The van der Waals surface area contributed by atoms with Crippen LogP contribution in [0.5, 0.6) is 5.75 Å². The van der Waals surface area contributed by atoms with Gasteiger partial charge in [-0.2, -0.15) is 0 Å². The van der Waals surface area contributed by atoms with Crippen LogP contribution in [0, 0.1) is 11.6 Å². The lowest BCUT2D eigenvalue weighted by atomic mass is 10.2. The molecule has 2 N–H and O–H groups in total. The van der Waals surface area contributed by atoms with E-state index in [1.54, 1.807) is 12.2 Å². The lowest BCUT2D eigenvalue weighted by Gasteiger charge is -2.09. The first-order valence-corrected chi connectivity index (χ1v) is 4.17. The molecule has 0 aliphatic rings. The second-order valence-electron chi connectivity index (χ2n) is 2.60. The first-order valence-electron chi connectivity index (χ1n) is 4.17. The molecule has 0 heterocycles. The molecule has 1 amide bonds. The number of rotatable bonds is 3. The maximum atomic E-state index is 13.4. The van der Waals surface area contributed by atoms with E-state index in [1.165, 1.54) is 0 Å². The summed E-state index contributed by atoms with van der Waals surface area (Å²) in [6.45, 7) is 1.84. The van der Waals surface area contributed by atoms with E-state index in [-0.39, 0.29) is 12.4 Å². The SMILES string of the molecule is CCOc1ccc(F)c(NC(=O)O)c1F. The van der Waals surface area contributed by atoms with Gasteiger partial charge in [-0.1, -0.05) is 0 Å². The third-order valence-electron chi connectivity index (χ3n) is 1.59. The van der Waals surface area contributed by atoms with Gasteiger partial charge in [0.25, 0.3) is 0 Å². The topological polar surface area (TPSA) is 58.6 Å². The van der Waals surface area contributed by atoms with Crippen LogP contribution in [0.1, 0.15) is 6.92 Å². The molecule has 0 aliphatic carbocycles. The molecule has 0 aromatic heterocycles. The van der Waals surface area contributed by atoms with Gasteiger partial charge in [0.05, 0.1) is 6.61 Å². The smallest absolute Gasteiger partial charge is 0.409 e. The Morgan fingerprint density at radius 3 is 2.73 bits per heavy atom. The molecule has 0 radical (unpaired) electrons. The summed E-state index contributed by atoms with van der Waals surface area (Å²) in [6, 6.07) is 2.03. The van der Waals surface area contributed by atoms with Gasteiger partial charge in [0.15, 0.2) is 11.6 Å². The van der Waals surface area contributed by atoms with Crippen molar-refractivity contribution in [3.05, 3.63) is 23.8 Å². The molecule has 1 rings (SSSR count). The standard InChI is InChI=1S/C9H9F2NO3/c1-2-15-6-4-3-5(10)8(7(6)11)12-9(13)14/h3-4,12H,2H2,1H3,(H,13,14). The Kier molecular flexibility index (Phi) is 3.43. The normalized spacial score (nSPS) is 9.80. The Morgan fingerprint density at radius 2 is 2.20 bits per heavy atom. The molecule has 0 spiro atoms. The van der Waals surface area contributed by atoms with Gasteiger partial charge in [0.2, 0.25) is 0 Å². The summed E-state index contributed by atoms with van der Waals surface area (Å²) >= 11 is 0. The van der Waals surface area contributed by atoms with Crippen LogP contribution < -0.4 is 10.1 Å². The van der Waals surface area contributed by atoms with Gasteiger partial charge in [-0.3, -0.25) is 5.32 Å². The quantitative estimate of drug-likeness (QED) is 0.817. The molecule has 0 saturated heterocycles. The zero-order valence-corrected chi connectivity index (χ0v) is 7.88. The highest BCUT2D eigenvalue weighted by Crippen LogP contribution is 2.27. The van der Waals surface area contributed by atoms with Crippen LogP contribution in [-0.2, 0) is 0 Å². The van der Waals surface area contributed by atoms with Crippen LogP contribution in [0.3, 0.4) is 0 Å². The van der Waals surface area contributed by atoms with E-state index in [1.807, 2.05) is 0 Å². The van der Waals surface area contributed by atoms with Crippen LogP contribution in [0.15, 0.2) is 12.1 Å². The average Bonchev–Trinajstić information content (AvgIpc) is 2.17. The minimum absolute atomic E-state index is 0.192. The highest BCUT2D eigenvalue weighted by molar-refractivity contribution is 5.83. The Bertz CT molecular complexity index is 382. The maximum Gasteiger partial charge on any atom is 0.409 e. The molecular weight excluding hydrogens is 208 g/mol. The molecule has 15 heavy (non-hydrogen) atoms. The predicted molar refractivity (Wildman–Crippen MR) is 49.2 cm³/mol. The monoisotopic (exact) mass is 217 g/mol. The zero-order chi connectivity index (χ0) is 11.4. The Morgan fingerprint density at radius 1 is 1.53 bits per heavy atom. The number of anilines is 1. The number of halogens is 2. The summed E-state index contributed by atoms with van der Waals surface area (Å²) < 4.78 is 31.2. The Labute approximate surface area is 84.5 Å². The van der Waals surface area contributed by atoms with Gasteiger partial charge in [0, 0.05) is 0 Å². The molecular formula is C9H9F2NO3. The predicted octanol–water partition coefficient (Wildman–Crippen LogP) is 2.45. The van der Waals surface area contributed by atoms with Crippen LogP contribution in [0.2, 0.25) is 0 Å². The van der Waals surface area contributed by atoms with Crippen molar-refractivity contribution in [2.45, 2.75) is 6.92 Å². The third-order valence-corrected chi connectivity index (χ3v) is 1.59. The summed E-state index contributed by atoms with van der Waals surface area (Å²) in [4.78, 5) is 10.3. The molecule has 6 heteroatoms. The van der Waals surface area contributed by atoms with Gasteiger partial charge < -0.3 is 9.84 Å². The lowest BCUT2D eigenvalue weighted by molar-refractivity contribution is 0.209. The molecule has 0 bridgehead atoms. The van der Waals surface area contributed by atoms with Crippen molar-refractivity contribution in [3.63, 3.8) is 0 Å². The van der Waals surface area contributed by atoms with E-state index in [0.29, 0.717) is 0 Å². The molecule has 0 fully saturated rings. The molecule has 0 saturated carbocycles. The summed E-state index contributed by atoms with van der Waals surface area (Å²) in [5.74, 6) is -2.24. The molecule has 82 valence electrons.